The van der Waals surface area contributed by atoms with E-state index in [-0.39, 0.29) is 0 Å². The molecule has 1 nitrogen and oxygen atoms in total. The minimum atomic E-state index is 0.889. The highest BCUT2D eigenvalue weighted by Gasteiger charge is 2.09. The van der Waals surface area contributed by atoms with E-state index in [2.05, 4.69) is 55.4 Å². The van der Waals surface area contributed by atoms with Crippen molar-refractivity contribution < 1.29 is 0 Å². The second kappa shape index (κ2) is 8.04. The lowest BCUT2D eigenvalue weighted by atomic mass is 9.92. The van der Waals surface area contributed by atoms with Gasteiger partial charge in [0, 0.05) is 4.43 Å². The number of nitrogens with zero attached hydrogens (tertiary/aromatic N) is 1. The Morgan fingerprint density at radius 3 is 2.15 bits per heavy atom. The van der Waals surface area contributed by atoms with Gasteiger partial charge in [0.2, 0.25) is 0 Å². The molecule has 0 aliphatic rings. The Balaban J connectivity index is 3.31. The zero-order chi connectivity index (χ0) is 10.3. The van der Waals surface area contributed by atoms with E-state index in [9.17, 15) is 0 Å². The predicted octanol–water partition coefficient (Wildman–Crippen LogP) is 3.43. The summed E-state index contributed by atoms with van der Waals surface area (Å²) in [6, 6.07) is 0. The van der Waals surface area contributed by atoms with Crippen molar-refractivity contribution in [3.8, 4) is 0 Å². The molecule has 0 amide bonds. The van der Waals surface area contributed by atoms with Crippen molar-refractivity contribution in [2.75, 3.05) is 25.1 Å². The van der Waals surface area contributed by atoms with Crippen LogP contribution in [0.1, 0.15) is 33.1 Å². The number of hydrogen-bond donors (Lipinski definition) is 0. The topological polar surface area (TPSA) is 3.24 Å². The molecule has 0 aromatic rings. The van der Waals surface area contributed by atoms with Crippen LogP contribution in [0.15, 0.2) is 0 Å². The van der Waals surface area contributed by atoms with Crippen LogP contribution in [0, 0.1) is 11.8 Å². The predicted molar refractivity (Wildman–Crippen MR) is 69.6 cm³/mol. The van der Waals surface area contributed by atoms with Crippen molar-refractivity contribution in [2.45, 2.75) is 33.1 Å². The van der Waals surface area contributed by atoms with Gasteiger partial charge in [0.05, 0.1) is 0 Å². The molecule has 0 aromatic carbocycles. The minimum Gasteiger partial charge on any atom is -0.309 e. The third kappa shape index (κ3) is 7.74. The van der Waals surface area contributed by atoms with Crippen LogP contribution in [0.4, 0.5) is 0 Å². The van der Waals surface area contributed by atoms with Gasteiger partial charge in [-0.15, -0.1) is 0 Å². The van der Waals surface area contributed by atoms with Gasteiger partial charge < -0.3 is 4.90 Å². The summed E-state index contributed by atoms with van der Waals surface area (Å²) in [4.78, 5) is 2.27. The fourth-order valence-corrected chi connectivity index (χ4v) is 2.20. The lowest BCUT2D eigenvalue weighted by molar-refractivity contribution is 0.352. The minimum absolute atomic E-state index is 0.889. The van der Waals surface area contributed by atoms with Crippen LogP contribution in [-0.4, -0.2) is 30.0 Å². The van der Waals surface area contributed by atoms with Crippen molar-refractivity contribution >= 4 is 22.6 Å². The molecular weight excluding hydrogens is 273 g/mol. The lowest BCUT2D eigenvalue weighted by Crippen LogP contribution is -2.14. The van der Waals surface area contributed by atoms with E-state index in [1.54, 1.807) is 0 Å². The van der Waals surface area contributed by atoms with Gasteiger partial charge in [-0.25, -0.2) is 0 Å². The van der Waals surface area contributed by atoms with Crippen molar-refractivity contribution in [1.82, 2.24) is 4.90 Å². The Hall–Kier alpha value is 0.690. The maximum Gasteiger partial charge on any atom is 0.00236 e. The molecule has 13 heavy (non-hydrogen) atoms. The van der Waals surface area contributed by atoms with E-state index in [1.807, 2.05) is 0 Å². The molecule has 80 valence electrons. The lowest BCUT2D eigenvalue weighted by Gasteiger charge is -2.17. The molecule has 2 atom stereocenters. The largest absolute Gasteiger partial charge is 0.309 e. The fourth-order valence-electron chi connectivity index (χ4n) is 1.33. The molecule has 0 spiro atoms. The first-order chi connectivity index (χ1) is 6.07. The molecule has 0 aromatic heterocycles. The Bertz CT molecular complexity index is 115. The van der Waals surface area contributed by atoms with Crippen molar-refractivity contribution in [2.24, 2.45) is 11.8 Å². The normalized spacial score (nSPS) is 16.2. The van der Waals surface area contributed by atoms with Gasteiger partial charge in [-0.05, 0) is 38.9 Å². The summed E-state index contributed by atoms with van der Waals surface area (Å²) >= 11 is 2.49. The third-order valence-corrected chi connectivity index (χ3v) is 4.12. The van der Waals surface area contributed by atoms with Crippen LogP contribution in [0.2, 0.25) is 0 Å². The second-order valence-electron chi connectivity index (χ2n) is 4.41. The van der Waals surface area contributed by atoms with Crippen LogP contribution in [0.3, 0.4) is 0 Å². The van der Waals surface area contributed by atoms with Gasteiger partial charge in [-0.1, -0.05) is 49.3 Å². The summed E-state index contributed by atoms with van der Waals surface area (Å²) in [6.07, 6.45) is 4.14. The van der Waals surface area contributed by atoms with Gasteiger partial charge in [0.25, 0.3) is 0 Å². The Morgan fingerprint density at radius 2 is 1.69 bits per heavy atom. The van der Waals surface area contributed by atoms with Crippen molar-refractivity contribution in [1.29, 1.82) is 0 Å². The highest BCUT2D eigenvalue weighted by Crippen LogP contribution is 2.19. The van der Waals surface area contributed by atoms with Gasteiger partial charge in [-0.2, -0.15) is 0 Å². The zero-order valence-electron chi connectivity index (χ0n) is 9.52. The molecule has 0 rings (SSSR count). The smallest absolute Gasteiger partial charge is 0.00236 e. The molecule has 0 aliphatic heterocycles. The highest BCUT2D eigenvalue weighted by molar-refractivity contribution is 14.1. The first-order valence-corrected chi connectivity index (χ1v) is 6.81. The third-order valence-electron chi connectivity index (χ3n) is 2.73. The van der Waals surface area contributed by atoms with Crippen LogP contribution in [0.5, 0.6) is 0 Å². The summed E-state index contributed by atoms with van der Waals surface area (Å²) in [5, 5.41) is 0. The molecule has 0 saturated carbocycles. The molecular formula is C11H24IN. The summed E-state index contributed by atoms with van der Waals surface area (Å²) < 4.78 is 1.30. The molecule has 2 heteroatoms. The Morgan fingerprint density at radius 1 is 1.08 bits per heavy atom. The number of halogens is 1. The van der Waals surface area contributed by atoms with E-state index in [0.29, 0.717) is 0 Å². The molecule has 0 N–H and O–H groups in total. The summed E-state index contributed by atoms with van der Waals surface area (Å²) in [5.74, 6) is 1.79. The first kappa shape index (κ1) is 13.7. The fraction of sp³-hybridized carbons (Fsp3) is 1.00. The first-order valence-electron chi connectivity index (χ1n) is 5.28. The van der Waals surface area contributed by atoms with Crippen LogP contribution < -0.4 is 0 Å². The highest BCUT2D eigenvalue weighted by atomic mass is 127. The van der Waals surface area contributed by atoms with E-state index in [4.69, 9.17) is 0 Å². The monoisotopic (exact) mass is 297 g/mol. The maximum atomic E-state index is 2.49. The van der Waals surface area contributed by atoms with Gasteiger partial charge >= 0.3 is 0 Å². The molecule has 0 fully saturated rings. The SMILES string of the molecule is CC(CCCCN(C)C)[C@@H](C)CI. The van der Waals surface area contributed by atoms with Crippen molar-refractivity contribution in [3.63, 3.8) is 0 Å². The molecule has 0 aliphatic carbocycles. The van der Waals surface area contributed by atoms with E-state index in [0.717, 1.165) is 11.8 Å². The van der Waals surface area contributed by atoms with Crippen LogP contribution in [-0.2, 0) is 0 Å². The van der Waals surface area contributed by atoms with Crippen LogP contribution in [0.25, 0.3) is 0 Å². The molecule has 1 unspecified atom stereocenters. The van der Waals surface area contributed by atoms with Crippen molar-refractivity contribution in [3.05, 3.63) is 0 Å². The molecule has 0 heterocycles. The Labute approximate surface area is 97.4 Å². The number of hydrogen-bond acceptors (Lipinski definition) is 1. The maximum absolute atomic E-state index is 2.49. The number of alkyl halides is 1. The summed E-state index contributed by atoms with van der Waals surface area (Å²) in [5.41, 5.74) is 0. The van der Waals surface area contributed by atoms with E-state index >= 15 is 0 Å². The molecule has 0 bridgehead atoms. The summed E-state index contributed by atoms with van der Waals surface area (Å²) in [6.45, 7) is 5.99. The number of unbranched alkanes of at least 4 members (excludes halogenated alkanes) is 1. The molecule has 0 saturated heterocycles. The summed E-state index contributed by atoms with van der Waals surface area (Å²) in [7, 11) is 4.30. The Kier molecular flexibility index (Phi) is 8.46. The van der Waals surface area contributed by atoms with Gasteiger partial charge in [0.15, 0.2) is 0 Å². The second-order valence-corrected chi connectivity index (χ2v) is 5.29. The van der Waals surface area contributed by atoms with E-state index < -0.39 is 0 Å². The van der Waals surface area contributed by atoms with Crippen LogP contribution >= 0.6 is 22.6 Å². The molecule has 0 radical (unpaired) electrons. The number of rotatable bonds is 7. The van der Waals surface area contributed by atoms with Gasteiger partial charge in [0.1, 0.15) is 0 Å². The standard InChI is InChI=1S/C11H24IN/c1-10(11(2)9-12)7-5-6-8-13(3)4/h10-11H,5-9H2,1-4H3/t10?,11-/m0/s1. The van der Waals surface area contributed by atoms with E-state index in [1.165, 1.54) is 30.2 Å². The average molecular weight is 297 g/mol. The average Bonchev–Trinajstić information content (AvgIpc) is 2.10. The zero-order valence-corrected chi connectivity index (χ0v) is 11.7. The van der Waals surface area contributed by atoms with Gasteiger partial charge in [-0.3, -0.25) is 0 Å². The quantitative estimate of drug-likeness (QED) is 0.395.